The van der Waals surface area contributed by atoms with E-state index in [2.05, 4.69) is 5.10 Å². The van der Waals surface area contributed by atoms with Gasteiger partial charge in [-0.15, -0.1) is 0 Å². The second kappa shape index (κ2) is 5.82. The summed E-state index contributed by atoms with van der Waals surface area (Å²) >= 11 is 0. The monoisotopic (exact) mass is 377 g/mol. The van der Waals surface area contributed by atoms with E-state index >= 15 is 0 Å². The largest absolute Gasteiger partial charge is 0.298 e. The van der Waals surface area contributed by atoms with Crippen molar-refractivity contribution in [3.05, 3.63) is 65.5 Å². The normalized spacial score (nSPS) is 27.6. The van der Waals surface area contributed by atoms with E-state index in [-0.39, 0.29) is 11.7 Å². The molecule has 2 amide bonds. The number of benzene rings is 2. The highest BCUT2D eigenvalue weighted by Crippen LogP contribution is 2.52. The van der Waals surface area contributed by atoms with Gasteiger partial charge in [0.15, 0.2) is 5.78 Å². The van der Waals surface area contributed by atoms with Crippen molar-refractivity contribution in [3.63, 3.8) is 0 Å². The van der Waals surface area contributed by atoms with Crippen LogP contribution in [0, 0.1) is 17.7 Å². The Balaban J connectivity index is 1.65. The fraction of sp³-hybridized carbons (Fsp3) is 0.238. The van der Waals surface area contributed by atoms with Crippen LogP contribution < -0.4 is 4.90 Å². The molecule has 0 N–H and O–H groups in total. The number of hydrazone groups is 1. The number of carbonyl (C=O) groups is 3. The zero-order valence-corrected chi connectivity index (χ0v) is 14.9. The maximum absolute atomic E-state index is 13.3. The first-order valence-electron chi connectivity index (χ1n) is 9.04. The van der Waals surface area contributed by atoms with Crippen LogP contribution in [0.4, 0.5) is 10.1 Å². The molecule has 2 saturated heterocycles. The number of nitrogens with zero attached hydrogens (tertiary/aromatic N) is 3. The van der Waals surface area contributed by atoms with Crippen LogP contribution in [0.1, 0.15) is 24.1 Å². The number of rotatable bonds is 2. The minimum atomic E-state index is -0.816. The van der Waals surface area contributed by atoms with Crippen molar-refractivity contribution in [2.45, 2.75) is 19.0 Å². The highest BCUT2D eigenvalue weighted by Gasteiger charge is 2.64. The van der Waals surface area contributed by atoms with Gasteiger partial charge in [-0.05, 0) is 42.3 Å². The van der Waals surface area contributed by atoms with Crippen LogP contribution in [-0.4, -0.2) is 34.9 Å². The topological polar surface area (TPSA) is 70.0 Å². The fourth-order valence-electron chi connectivity index (χ4n) is 4.67. The molecule has 2 aromatic carbocycles. The summed E-state index contributed by atoms with van der Waals surface area (Å²) in [6.07, 6.45) is 1.66. The van der Waals surface area contributed by atoms with E-state index < -0.39 is 35.6 Å². The lowest BCUT2D eigenvalue weighted by molar-refractivity contribution is -0.129. The predicted octanol–water partition coefficient (Wildman–Crippen LogP) is 2.29. The van der Waals surface area contributed by atoms with Gasteiger partial charge in [0.05, 0.1) is 29.8 Å². The third-order valence-electron chi connectivity index (χ3n) is 5.79. The molecule has 3 aliphatic rings. The Morgan fingerprint density at radius 1 is 1.00 bits per heavy atom. The van der Waals surface area contributed by atoms with Gasteiger partial charge in [0, 0.05) is 0 Å². The molecule has 0 bridgehead atoms. The van der Waals surface area contributed by atoms with E-state index in [0.717, 1.165) is 16.0 Å². The van der Waals surface area contributed by atoms with Crippen molar-refractivity contribution in [2.24, 2.45) is 16.9 Å². The summed E-state index contributed by atoms with van der Waals surface area (Å²) in [6.45, 7) is 1.42. The minimum Gasteiger partial charge on any atom is -0.298 e. The van der Waals surface area contributed by atoms with Crippen molar-refractivity contribution in [2.75, 3.05) is 4.90 Å². The summed E-state index contributed by atoms with van der Waals surface area (Å²) in [5, 5.41) is 6.02. The molecule has 2 aromatic rings. The van der Waals surface area contributed by atoms with Crippen LogP contribution in [0.25, 0.3) is 0 Å². The lowest BCUT2D eigenvalue weighted by Gasteiger charge is -2.33. The zero-order valence-electron chi connectivity index (χ0n) is 14.9. The molecule has 140 valence electrons. The zero-order chi connectivity index (χ0) is 19.6. The molecule has 3 aliphatic heterocycles. The molecule has 0 aliphatic carbocycles. The number of hydrogen-bond acceptors (Lipinski definition) is 5. The second-order valence-electron chi connectivity index (χ2n) is 7.29. The Morgan fingerprint density at radius 2 is 1.68 bits per heavy atom. The Morgan fingerprint density at radius 3 is 2.39 bits per heavy atom. The highest BCUT2D eigenvalue weighted by atomic mass is 19.1. The molecule has 0 spiro atoms. The van der Waals surface area contributed by atoms with Gasteiger partial charge in [-0.25, -0.2) is 9.29 Å². The van der Waals surface area contributed by atoms with Gasteiger partial charge in [-0.1, -0.05) is 24.3 Å². The molecule has 0 saturated carbocycles. The molecule has 28 heavy (non-hydrogen) atoms. The summed E-state index contributed by atoms with van der Waals surface area (Å²) in [7, 11) is 0. The van der Waals surface area contributed by atoms with Gasteiger partial charge in [-0.3, -0.25) is 19.4 Å². The van der Waals surface area contributed by atoms with Crippen LogP contribution in [-0.2, 0) is 14.4 Å². The van der Waals surface area contributed by atoms with E-state index in [4.69, 9.17) is 0 Å². The summed E-state index contributed by atoms with van der Waals surface area (Å²) in [4.78, 5) is 40.1. The second-order valence-corrected chi connectivity index (χ2v) is 7.29. The Hall–Kier alpha value is -3.35. The van der Waals surface area contributed by atoms with E-state index in [1.807, 2.05) is 24.3 Å². The number of fused-ring (bicyclic) bond motifs is 5. The number of hydrogen-bond donors (Lipinski definition) is 0. The number of anilines is 1. The van der Waals surface area contributed by atoms with E-state index in [0.29, 0.717) is 5.69 Å². The van der Waals surface area contributed by atoms with Crippen LogP contribution in [0.15, 0.2) is 53.6 Å². The van der Waals surface area contributed by atoms with Crippen molar-refractivity contribution in [1.29, 1.82) is 0 Å². The Labute approximate surface area is 160 Å². The summed E-state index contributed by atoms with van der Waals surface area (Å²) in [5.41, 5.74) is 2.05. The lowest BCUT2D eigenvalue weighted by atomic mass is 9.84. The van der Waals surface area contributed by atoms with Gasteiger partial charge in [0.1, 0.15) is 11.9 Å². The molecule has 0 aromatic heterocycles. The lowest BCUT2D eigenvalue weighted by Crippen LogP contribution is -2.43. The predicted molar refractivity (Wildman–Crippen MR) is 99.0 cm³/mol. The SMILES string of the molecule is CC(=O)[C@@H]1[C@H]2C(=O)N(c3ccc(F)cc3)C(=O)[C@H]2[C@H]2c3ccccc3C=NN12. The smallest absolute Gasteiger partial charge is 0.240 e. The summed E-state index contributed by atoms with van der Waals surface area (Å²) in [5.74, 6) is -3.02. The van der Waals surface area contributed by atoms with Gasteiger partial charge < -0.3 is 0 Å². The van der Waals surface area contributed by atoms with Crippen molar-refractivity contribution >= 4 is 29.5 Å². The third kappa shape index (κ3) is 2.13. The minimum absolute atomic E-state index is 0.212. The van der Waals surface area contributed by atoms with Crippen molar-refractivity contribution in [3.8, 4) is 0 Å². The summed E-state index contributed by atoms with van der Waals surface area (Å²) in [6, 6.07) is 11.5. The Bertz CT molecular complexity index is 1050. The number of ketones is 1. The molecular formula is C21H16FN3O3. The highest BCUT2D eigenvalue weighted by molar-refractivity contribution is 6.24. The summed E-state index contributed by atoms with van der Waals surface area (Å²) < 4.78 is 13.3. The van der Waals surface area contributed by atoms with E-state index in [9.17, 15) is 18.8 Å². The molecule has 7 heteroatoms. The number of carbonyl (C=O) groups excluding carboxylic acids is 3. The first-order chi connectivity index (χ1) is 13.5. The number of Topliss-reactive ketones (excluding diaryl/α,β-unsaturated/α-hetero) is 1. The molecule has 0 unspecified atom stereocenters. The van der Waals surface area contributed by atoms with Crippen LogP contribution in [0.3, 0.4) is 0 Å². The van der Waals surface area contributed by atoms with Gasteiger partial charge in [0.2, 0.25) is 11.8 Å². The average molecular weight is 377 g/mol. The van der Waals surface area contributed by atoms with Gasteiger partial charge in [-0.2, -0.15) is 5.10 Å². The number of amides is 2. The van der Waals surface area contributed by atoms with Crippen LogP contribution in [0.5, 0.6) is 0 Å². The molecule has 3 heterocycles. The first kappa shape index (κ1) is 16.8. The van der Waals surface area contributed by atoms with E-state index in [1.165, 1.54) is 31.2 Å². The molecule has 4 atom stereocenters. The Kier molecular flexibility index (Phi) is 3.49. The molecule has 6 nitrogen and oxygen atoms in total. The number of imide groups is 1. The third-order valence-corrected chi connectivity index (χ3v) is 5.79. The quantitative estimate of drug-likeness (QED) is 0.753. The van der Waals surface area contributed by atoms with Gasteiger partial charge >= 0.3 is 0 Å². The maximum Gasteiger partial charge on any atom is 0.240 e. The molecular weight excluding hydrogens is 361 g/mol. The molecule has 2 fully saturated rings. The first-order valence-corrected chi connectivity index (χ1v) is 9.04. The van der Waals surface area contributed by atoms with Crippen molar-refractivity contribution < 1.29 is 18.8 Å². The maximum atomic E-state index is 13.3. The van der Waals surface area contributed by atoms with Crippen molar-refractivity contribution in [1.82, 2.24) is 5.01 Å². The standard InChI is InChI=1S/C21H16FN3O3/c1-11(26)18-16-17(19-15-5-3-2-4-12(15)10-23-25(18)19)21(28)24(20(16)27)14-8-6-13(22)7-9-14/h2-10,16-19H,1H3/t16-,17+,18+,19+/m0/s1. The molecule has 0 radical (unpaired) electrons. The van der Waals surface area contributed by atoms with Gasteiger partial charge in [0.25, 0.3) is 0 Å². The van der Waals surface area contributed by atoms with Crippen LogP contribution >= 0.6 is 0 Å². The van der Waals surface area contributed by atoms with Crippen LogP contribution in [0.2, 0.25) is 0 Å². The fourth-order valence-corrected chi connectivity index (χ4v) is 4.67. The molecule has 5 rings (SSSR count). The average Bonchev–Trinajstić information content (AvgIpc) is 3.16. The number of halogens is 1. The van der Waals surface area contributed by atoms with E-state index in [1.54, 1.807) is 11.2 Å².